The summed E-state index contributed by atoms with van der Waals surface area (Å²) in [6, 6.07) is 15.0. The quantitative estimate of drug-likeness (QED) is 0.357. The topological polar surface area (TPSA) is 106 Å². The molecule has 1 saturated heterocycles. The molecular formula is C27H23N5O4. The number of para-hydroxylation sites is 2. The minimum atomic E-state index is -0.800. The first-order valence-electron chi connectivity index (χ1n) is 11.3. The van der Waals surface area contributed by atoms with Gasteiger partial charge in [-0.05, 0) is 69.2 Å². The van der Waals surface area contributed by atoms with E-state index in [0.717, 1.165) is 4.90 Å². The molecule has 9 heteroatoms. The lowest BCUT2D eigenvalue weighted by Gasteiger charge is -2.27. The molecule has 36 heavy (non-hydrogen) atoms. The Morgan fingerprint density at radius 3 is 2.31 bits per heavy atom. The van der Waals surface area contributed by atoms with Crippen LogP contribution < -0.4 is 15.8 Å². The highest BCUT2D eigenvalue weighted by molar-refractivity contribution is 6.39. The van der Waals surface area contributed by atoms with Crippen molar-refractivity contribution in [3.05, 3.63) is 98.9 Å². The van der Waals surface area contributed by atoms with Crippen molar-refractivity contribution in [3.63, 3.8) is 0 Å². The van der Waals surface area contributed by atoms with Crippen LogP contribution in [-0.2, 0) is 9.59 Å². The van der Waals surface area contributed by atoms with Crippen molar-refractivity contribution in [1.29, 1.82) is 0 Å². The average Bonchev–Trinajstić information content (AvgIpc) is 3.10. The number of hydrogen-bond acceptors (Lipinski definition) is 5. The fourth-order valence-corrected chi connectivity index (χ4v) is 4.55. The van der Waals surface area contributed by atoms with E-state index in [1.807, 2.05) is 13.0 Å². The van der Waals surface area contributed by atoms with Crippen molar-refractivity contribution >= 4 is 40.5 Å². The summed E-state index contributed by atoms with van der Waals surface area (Å²) in [6.07, 6.45) is 1.45. The summed E-state index contributed by atoms with van der Waals surface area (Å²) in [5, 5.41) is 2.73. The summed E-state index contributed by atoms with van der Waals surface area (Å²) in [7, 11) is 0. The van der Waals surface area contributed by atoms with Crippen LogP contribution in [0.1, 0.15) is 28.3 Å². The highest BCUT2D eigenvalue weighted by atomic mass is 16.2. The van der Waals surface area contributed by atoms with Gasteiger partial charge in [-0.25, -0.2) is 14.7 Å². The SMILES string of the molecule is Cc1ccccc1N1C(=O)NC(=O)C(=Cc2cc(C)n(-n3c(C)nc4ccccc4c3=O)c2C)C1=O. The molecule has 0 atom stereocenters. The number of benzene rings is 2. The molecule has 4 amide bonds. The minimum Gasteiger partial charge on any atom is -0.273 e. The molecule has 4 aromatic rings. The van der Waals surface area contributed by atoms with Crippen LogP contribution in [0.25, 0.3) is 17.0 Å². The molecule has 0 radical (unpaired) electrons. The Hall–Kier alpha value is -4.79. The number of aromatic nitrogens is 3. The Morgan fingerprint density at radius 2 is 1.56 bits per heavy atom. The van der Waals surface area contributed by atoms with Gasteiger partial charge in [0.05, 0.1) is 16.6 Å². The number of rotatable bonds is 3. The monoisotopic (exact) mass is 481 g/mol. The molecule has 1 aliphatic heterocycles. The van der Waals surface area contributed by atoms with Crippen molar-refractivity contribution in [2.75, 3.05) is 4.90 Å². The molecule has 0 unspecified atom stereocenters. The average molecular weight is 482 g/mol. The molecule has 3 heterocycles. The zero-order valence-corrected chi connectivity index (χ0v) is 20.2. The number of carbonyl (C=O) groups is 3. The van der Waals surface area contributed by atoms with Gasteiger partial charge >= 0.3 is 6.03 Å². The van der Waals surface area contributed by atoms with Gasteiger partial charge < -0.3 is 0 Å². The second-order valence-corrected chi connectivity index (χ2v) is 8.68. The predicted molar refractivity (Wildman–Crippen MR) is 136 cm³/mol. The van der Waals surface area contributed by atoms with Crippen LogP contribution >= 0.6 is 0 Å². The maximum atomic E-state index is 13.3. The van der Waals surface area contributed by atoms with Gasteiger partial charge in [-0.3, -0.25) is 24.4 Å². The number of barbiturate groups is 1. The van der Waals surface area contributed by atoms with Gasteiger partial charge in [0.1, 0.15) is 11.4 Å². The first-order chi connectivity index (χ1) is 17.2. The highest BCUT2D eigenvalue weighted by Crippen LogP contribution is 2.26. The number of anilines is 1. The van der Waals surface area contributed by atoms with E-state index in [1.165, 1.54) is 10.8 Å². The molecule has 0 saturated carbocycles. The van der Waals surface area contributed by atoms with Crippen LogP contribution in [0, 0.1) is 27.7 Å². The van der Waals surface area contributed by atoms with Gasteiger partial charge in [0.15, 0.2) is 0 Å². The molecule has 0 aliphatic carbocycles. The first-order valence-corrected chi connectivity index (χ1v) is 11.3. The van der Waals surface area contributed by atoms with Crippen molar-refractivity contribution < 1.29 is 14.4 Å². The molecule has 1 fully saturated rings. The Balaban J connectivity index is 1.64. The summed E-state index contributed by atoms with van der Waals surface area (Å²) in [6.45, 7) is 7.13. The zero-order valence-electron chi connectivity index (χ0n) is 20.2. The van der Waals surface area contributed by atoms with E-state index < -0.39 is 17.8 Å². The Morgan fingerprint density at radius 1 is 0.861 bits per heavy atom. The number of carbonyl (C=O) groups excluding carboxylic acids is 3. The van der Waals surface area contributed by atoms with Crippen LogP contribution in [0.15, 0.2) is 65.0 Å². The molecular weight excluding hydrogens is 458 g/mol. The third-order valence-electron chi connectivity index (χ3n) is 6.31. The van der Waals surface area contributed by atoms with E-state index in [2.05, 4.69) is 10.3 Å². The third kappa shape index (κ3) is 3.52. The first kappa shape index (κ1) is 23.0. The number of urea groups is 1. The number of hydrogen-bond donors (Lipinski definition) is 1. The van der Waals surface area contributed by atoms with E-state index in [0.29, 0.717) is 44.9 Å². The van der Waals surface area contributed by atoms with Gasteiger partial charge in [-0.15, -0.1) is 0 Å². The van der Waals surface area contributed by atoms with Crippen molar-refractivity contribution in [3.8, 4) is 0 Å². The number of amides is 4. The number of aryl methyl sites for hydroxylation is 3. The van der Waals surface area contributed by atoms with Crippen LogP contribution in [0.5, 0.6) is 0 Å². The lowest BCUT2D eigenvalue weighted by molar-refractivity contribution is -0.122. The van der Waals surface area contributed by atoms with E-state index >= 15 is 0 Å². The zero-order chi connectivity index (χ0) is 25.7. The molecule has 2 aromatic carbocycles. The third-order valence-corrected chi connectivity index (χ3v) is 6.31. The second-order valence-electron chi connectivity index (χ2n) is 8.68. The van der Waals surface area contributed by atoms with Crippen LogP contribution in [-0.4, -0.2) is 32.2 Å². The predicted octanol–water partition coefficient (Wildman–Crippen LogP) is 3.41. The fraction of sp³-hybridized carbons (Fsp3) is 0.148. The van der Waals surface area contributed by atoms with Crippen LogP contribution in [0.2, 0.25) is 0 Å². The van der Waals surface area contributed by atoms with Crippen molar-refractivity contribution in [2.45, 2.75) is 27.7 Å². The lowest BCUT2D eigenvalue weighted by atomic mass is 10.1. The molecule has 0 bridgehead atoms. The highest BCUT2D eigenvalue weighted by Gasteiger charge is 2.37. The normalized spacial score (nSPS) is 15.2. The lowest BCUT2D eigenvalue weighted by Crippen LogP contribution is -2.54. The Bertz CT molecular complexity index is 1690. The van der Waals surface area contributed by atoms with E-state index in [-0.39, 0.29) is 11.1 Å². The van der Waals surface area contributed by atoms with Crippen LogP contribution in [0.3, 0.4) is 0 Å². The molecule has 9 nitrogen and oxygen atoms in total. The van der Waals surface area contributed by atoms with Gasteiger partial charge in [-0.2, -0.15) is 4.68 Å². The Kier molecular flexibility index (Phi) is 5.40. The molecule has 5 rings (SSSR count). The summed E-state index contributed by atoms with van der Waals surface area (Å²) in [5.74, 6) is -1.01. The van der Waals surface area contributed by atoms with Gasteiger partial charge in [0.2, 0.25) is 0 Å². The fourth-order valence-electron chi connectivity index (χ4n) is 4.55. The largest absolute Gasteiger partial charge is 0.335 e. The number of nitrogens with zero attached hydrogens (tertiary/aromatic N) is 4. The molecule has 1 aliphatic rings. The van der Waals surface area contributed by atoms with E-state index in [4.69, 9.17) is 0 Å². The smallest absolute Gasteiger partial charge is 0.273 e. The summed E-state index contributed by atoms with van der Waals surface area (Å²) in [5.41, 5.74) is 3.19. The minimum absolute atomic E-state index is 0.182. The van der Waals surface area contributed by atoms with Crippen molar-refractivity contribution in [2.24, 2.45) is 0 Å². The van der Waals surface area contributed by atoms with E-state index in [1.54, 1.807) is 74.0 Å². The summed E-state index contributed by atoms with van der Waals surface area (Å²) < 4.78 is 3.18. The maximum Gasteiger partial charge on any atom is 0.335 e. The summed E-state index contributed by atoms with van der Waals surface area (Å²) in [4.78, 5) is 57.5. The second kappa shape index (κ2) is 8.46. The number of fused-ring (bicyclic) bond motifs is 1. The Labute approximate surface area is 206 Å². The summed E-state index contributed by atoms with van der Waals surface area (Å²) >= 11 is 0. The van der Waals surface area contributed by atoms with Crippen molar-refractivity contribution in [1.82, 2.24) is 19.7 Å². The molecule has 1 N–H and O–H groups in total. The van der Waals surface area contributed by atoms with Gasteiger partial charge in [0.25, 0.3) is 17.4 Å². The maximum absolute atomic E-state index is 13.3. The number of nitrogens with one attached hydrogen (secondary N) is 1. The number of imide groups is 2. The van der Waals surface area contributed by atoms with E-state index in [9.17, 15) is 19.2 Å². The van der Waals surface area contributed by atoms with Gasteiger partial charge in [-0.1, -0.05) is 30.3 Å². The van der Waals surface area contributed by atoms with Crippen LogP contribution in [0.4, 0.5) is 10.5 Å². The van der Waals surface area contributed by atoms with Gasteiger partial charge in [0, 0.05) is 11.4 Å². The molecule has 180 valence electrons. The molecule has 0 spiro atoms. The molecule has 2 aromatic heterocycles. The standard InChI is InChI=1S/C27H23N5O4/c1-15-9-5-8-12-23(15)30-25(34)21(24(33)29-27(30)36)14-19-13-16(2)31(17(19)3)32-18(4)28-22-11-7-6-10-20(22)26(32)35/h5-14H,1-4H3,(H,29,33,36).